The number of aryl methyl sites for hydroxylation is 1. The Morgan fingerprint density at radius 1 is 0.913 bits per heavy atom. The average molecular weight is 310 g/mol. The van der Waals surface area contributed by atoms with Crippen LogP contribution in [0.15, 0.2) is 30.3 Å². The Kier molecular flexibility index (Phi) is 5.51. The molecule has 1 heteroatoms. The lowest BCUT2D eigenvalue weighted by atomic mass is 9.86. The fraction of sp³-hybridized carbons (Fsp3) is 0.455. The second-order valence-corrected chi connectivity index (χ2v) is 7.13. The summed E-state index contributed by atoms with van der Waals surface area (Å²) in [6.45, 7) is 13.5. The molecule has 1 nitrogen and oxygen atoms in total. The number of hydrogen-bond donors (Lipinski definition) is 0. The van der Waals surface area contributed by atoms with Crippen LogP contribution in [0.3, 0.4) is 0 Å². The Bertz CT molecular complexity index is 681. The first-order valence-corrected chi connectivity index (χ1v) is 8.60. The van der Waals surface area contributed by atoms with Crippen LogP contribution in [0.1, 0.15) is 72.9 Å². The van der Waals surface area contributed by atoms with Crippen LogP contribution in [0.4, 0.5) is 0 Å². The normalized spacial score (nSPS) is 11.3. The van der Waals surface area contributed by atoms with Crippen molar-refractivity contribution in [2.24, 2.45) is 0 Å². The molecule has 0 aliphatic rings. The lowest BCUT2D eigenvalue weighted by Gasteiger charge is -2.20. The number of rotatable bonds is 5. The second kappa shape index (κ2) is 7.21. The highest BCUT2D eigenvalue weighted by molar-refractivity contribution is 5.47. The molecule has 124 valence electrons. The zero-order chi connectivity index (χ0) is 17.1. The Morgan fingerprint density at radius 3 is 2.17 bits per heavy atom. The largest absolute Gasteiger partial charge is 0.497 e. The van der Waals surface area contributed by atoms with Gasteiger partial charge in [-0.15, -0.1) is 0 Å². The minimum atomic E-state index is 0.518. The van der Waals surface area contributed by atoms with Gasteiger partial charge in [-0.25, -0.2) is 0 Å². The Morgan fingerprint density at radius 2 is 1.61 bits per heavy atom. The second-order valence-electron chi connectivity index (χ2n) is 7.13. The molecule has 0 saturated carbocycles. The minimum Gasteiger partial charge on any atom is -0.497 e. The topological polar surface area (TPSA) is 9.23 Å². The number of methoxy groups -OCH3 is 1. The first kappa shape index (κ1) is 17.6. The summed E-state index contributed by atoms with van der Waals surface area (Å²) < 4.78 is 5.50. The van der Waals surface area contributed by atoms with E-state index in [1.807, 2.05) is 0 Å². The van der Waals surface area contributed by atoms with Crippen molar-refractivity contribution in [1.82, 2.24) is 0 Å². The van der Waals surface area contributed by atoms with Crippen LogP contribution in [0.2, 0.25) is 0 Å². The maximum atomic E-state index is 5.50. The fourth-order valence-electron chi connectivity index (χ4n) is 3.65. The minimum absolute atomic E-state index is 0.518. The monoisotopic (exact) mass is 310 g/mol. The lowest BCUT2D eigenvalue weighted by Crippen LogP contribution is -2.04. The summed E-state index contributed by atoms with van der Waals surface area (Å²) in [5.41, 5.74) is 8.48. The smallest absolute Gasteiger partial charge is 0.119 e. The average Bonchev–Trinajstić information content (AvgIpc) is 2.48. The van der Waals surface area contributed by atoms with Gasteiger partial charge >= 0.3 is 0 Å². The number of hydrogen-bond acceptors (Lipinski definition) is 1. The quantitative estimate of drug-likeness (QED) is 0.643. The molecule has 0 unspecified atom stereocenters. The van der Waals surface area contributed by atoms with Gasteiger partial charge in [0.15, 0.2) is 0 Å². The molecule has 0 aliphatic carbocycles. The van der Waals surface area contributed by atoms with E-state index in [0.717, 1.165) is 12.2 Å². The van der Waals surface area contributed by atoms with Crippen LogP contribution in [0, 0.1) is 13.8 Å². The van der Waals surface area contributed by atoms with Gasteiger partial charge in [-0.3, -0.25) is 0 Å². The molecule has 0 atom stereocenters. The standard InChI is InChI=1S/C22H30O/c1-14(2)21-10-8-9-18(17(21)6)12-19-13-20(23-7)11-16(5)22(19)15(3)4/h8-11,13-15H,12H2,1-7H3. The zero-order valence-electron chi connectivity index (χ0n) is 15.7. The molecular weight excluding hydrogens is 280 g/mol. The molecule has 0 fully saturated rings. The van der Waals surface area contributed by atoms with Gasteiger partial charge in [0.25, 0.3) is 0 Å². The fourth-order valence-corrected chi connectivity index (χ4v) is 3.65. The molecule has 0 aliphatic heterocycles. The maximum absolute atomic E-state index is 5.50. The van der Waals surface area contributed by atoms with Crippen molar-refractivity contribution in [2.75, 3.05) is 7.11 Å². The van der Waals surface area contributed by atoms with Crippen molar-refractivity contribution in [1.29, 1.82) is 0 Å². The van der Waals surface area contributed by atoms with E-state index in [1.54, 1.807) is 7.11 Å². The van der Waals surface area contributed by atoms with E-state index < -0.39 is 0 Å². The van der Waals surface area contributed by atoms with E-state index in [-0.39, 0.29) is 0 Å². The van der Waals surface area contributed by atoms with Crippen molar-refractivity contribution in [3.8, 4) is 5.75 Å². The Hall–Kier alpha value is -1.76. The van der Waals surface area contributed by atoms with Gasteiger partial charge in [0, 0.05) is 0 Å². The van der Waals surface area contributed by atoms with Crippen LogP contribution in [-0.4, -0.2) is 7.11 Å². The maximum Gasteiger partial charge on any atom is 0.119 e. The third-order valence-corrected chi connectivity index (χ3v) is 4.75. The van der Waals surface area contributed by atoms with E-state index in [2.05, 4.69) is 71.9 Å². The predicted molar refractivity (Wildman–Crippen MR) is 99.9 cm³/mol. The summed E-state index contributed by atoms with van der Waals surface area (Å²) in [5, 5.41) is 0. The number of ether oxygens (including phenoxy) is 1. The van der Waals surface area contributed by atoms with Crippen molar-refractivity contribution < 1.29 is 4.74 Å². The molecule has 2 aromatic carbocycles. The molecule has 0 aromatic heterocycles. The zero-order valence-corrected chi connectivity index (χ0v) is 15.7. The van der Waals surface area contributed by atoms with Gasteiger partial charge in [-0.2, -0.15) is 0 Å². The molecule has 0 heterocycles. The third-order valence-electron chi connectivity index (χ3n) is 4.75. The molecule has 0 N–H and O–H groups in total. The summed E-state index contributed by atoms with van der Waals surface area (Å²) >= 11 is 0. The van der Waals surface area contributed by atoms with E-state index in [4.69, 9.17) is 4.74 Å². The van der Waals surface area contributed by atoms with Gasteiger partial charge in [0.2, 0.25) is 0 Å². The predicted octanol–water partition coefficient (Wildman–Crippen LogP) is 6.15. The van der Waals surface area contributed by atoms with Crippen LogP contribution in [0.25, 0.3) is 0 Å². The number of benzene rings is 2. The van der Waals surface area contributed by atoms with Gasteiger partial charge < -0.3 is 4.74 Å². The molecule has 0 amide bonds. The molecule has 23 heavy (non-hydrogen) atoms. The summed E-state index contributed by atoms with van der Waals surface area (Å²) in [7, 11) is 1.75. The van der Waals surface area contributed by atoms with E-state index in [1.165, 1.54) is 33.4 Å². The molecule has 0 radical (unpaired) electrons. The lowest BCUT2D eigenvalue weighted by molar-refractivity contribution is 0.413. The van der Waals surface area contributed by atoms with Crippen molar-refractivity contribution in [2.45, 2.75) is 59.8 Å². The van der Waals surface area contributed by atoms with Crippen molar-refractivity contribution >= 4 is 0 Å². The highest BCUT2D eigenvalue weighted by Gasteiger charge is 2.15. The third kappa shape index (κ3) is 3.77. The molecular formula is C22H30O. The first-order chi connectivity index (χ1) is 10.8. The Labute approximate surface area is 141 Å². The first-order valence-electron chi connectivity index (χ1n) is 8.60. The van der Waals surface area contributed by atoms with Crippen LogP contribution in [-0.2, 0) is 6.42 Å². The summed E-state index contributed by atoms with van der Waals surface area (Å²) in [6.07, 6.45) is 0.970. The molecule has 0 bridgehead atoms. The molecule has 2 rings (SSSR count). The van der Waals surface area contributed by atoms with Crippen LogP contribution < -0.4 is 4.74 Å². The highest BCUT2D eigenvalue weighted by atomic mass is 16.5. The van der Waals surface area contributed by atoms with Gasteiger partial charge in [-0.05, 0) is 77.6 Å². The Balaban J connectivity index is 2.52. The van der Waals surface area contributed by atoms with Gasteiger partial charge in [0.05, 0.1) is 7.11 Å². The van der Waals surface area contributed by atoms with Crippen molar-refractivity contribution in [3.05, 3.63) is 63.7 Å². The van der Waals surface area contributed by atoms with E-state index in [9.17, 15) is 0 Å². The van der Waals surface area contributed by atoms with Crippen molar-refractivity contribution in [3.63, 3.8) is 0 Å². The van der Waals surface area contributed by atoms with Gasteiger partial charge in [0.1, 0.15) is 5.75 Å². The van der Waals surface area contributed by atoms with Crippen LogP contribution in [0.5, 0.6) is 5.75 Å². The molecule has 2 aromatic rings. The highest BCUT2D eigenvalue weighted by Crippen LogP contribution is 2.31. The summed E-state index contributed by atoms with van der Waals surface area (Å²) in [5.74, 6) is 2.04. The molecule has 0 saturated heterocycles. The summed E-state index contributed by atoms with van der Waals surface area (Å²) in [4.78, 5) is 0. The van der Waals surface area contributed by atoms with Crippen LogP contribution >= 0.6 is 0 Å². The van der Waals surface area contributed by atoms with E-state index >= 15 is 0 Å². The summed E-state index contributed by atoms with van der Waals surface area (Å²) in [6, 6.07) is 11.1. The molecule has 0 spiro atoms. The van der Waals surface area contributed by atoms with E-state index in [0.29, 0.717) is 11.8 Å². The van der Waals surface area contributed by atoms with Gasteiger partial charge in [-0.1, -0.05) is 45.9 Å². The SMILES string of the molecule is COc1cc(C)c(C(C)C)c(Cc2cccc(C(C)C)c2C)c1.